The summed E-state index contributed by atoms with van der Waals surface area (Å²) < 4.78 is 5.52. The first kappa shape index (κ1) is 19.6. The van der Waals surface area contributed by atoms with Gasteiger partial charge in [0.25, 0.3) is 0 Å². The van der Waals surface area contributed by atoms with Crippen LogP contribution in [0, 0.1) is 5.92 Å². The molecule has 0 aliphatic carbocycles. The standard InChI is InChI=1S/C16H30N4OS.HI/c1-14-2-5-19(6-3-14)15(17)18-12-16(4-11-22-13-16)20-7-9-21-10-8-20;/h14H,2-13H2,1H3,(H2,17,18);1H. The van der Waals surface area contributed by atoms with Gasteiger partial charge < -0.3 is 15.4 Å². The van der Waals surface area contributed by atoms with Crippen molar-refractivity contribution in [1.82, 2.24) is 9.80 Å². The van der Waals surface area contributed by atoms with Gasteiger partial charge in [0, 0.05) is 31.9 Å². The van der Waals surface area contributed by atoms with Gasteiger partial charge in [-0.25, -0.2) is 0 Å². The van der Waals surface area contributed by atoms with Gasteiger partial charge in [-0.1, -0.05) is 6.92 Å². The maximum absolute atomic E-state index is 6.29. The summed E-state index contributed by atoms with van der Waals surface area (Å²) in [6.45, 7) is 9.09. The van der Waals surface area contributed by atoms with Gasteiger partial charge in [0.2, 0.25) is 0 Å². The predicted octanol–water partition coefficient (Wildman–Crippen LogP) is 1.86. The van der Waals surface area contributed by atoms with Crippen LogP contribution in [0.2, 0.25) is 0 Å². The summed E-state index contributed by atoms with van der Waals surface area (Å²) in [5.41, 5.74) is 6.50. The van der Waals surface area contributed by atoms with Crippen LogP contribution in [-0.4, -0.2) is 78.7 Å². The molecule has 0 aromatic rings. The molecule has 0 spiro atoms. The van der Waals surface area contributed by atoms with Crippen molar-refractivity contribution in [3.63, 3.8) is 0 Å². The molecule has 2 N–H and O–H groups in total. The van der Waals surface area contributed by atoms with Gasteiger partial charge in [-0.05, 0) is 30.9 Å². The molecule has 0 aromatic heterocycles. The monoisotopic (exact) mass is 454 g/mol. The summed E-state index contributed by atoms with van der Waals surface area (Å²) in [7, 11) is 0. The molecule has 0 bridgehead atoms. The molecule has 3 aliphatic heterocycles. The molecule has 134 valence electrons. The highest BCUT2D eigenvalue weighted by Gasteiger charge is 2.40. The SMILES string of the molecule is CC1CCN(C(N)=NCC2(N3CCOCC3)CCSC2)CC1.I. The van der Waals surface area contributed by atoms with Crippen LogP contribution in [0.15, 0.2) is 4.99 Å². The lowest BCUT2D eigenvalue weighted by atomic mass is 9.96. The number of aliphatic imine (C=N–C) groups is 1. The van der Waals surface area contributed by atoms with E-state index >= 15 is 0 Å². The molecular weight excluding hydrogens is 423 g/mol. The van der Waals surface area contributed by atoms with Crippen LogP contribution in [0.3, 0.4) is 0 Å². The van der Waals surface area contributed by atoms with E-state index in [1.54, 1.807) is 0 Å². The number of halogens is 1. The van der Waals surface area contributed by atoms with Crippen molar-refractivity contribution < 1.29 is 4.74 Å². The first-order valence-electron chi connectivity index (χ1n) is 8.65. The minimum Gasteiger partial charge on any atom is -0.379 e. The molecule has 1 atom stereocenters. The Kier molecular flexibility index (Phi) is 7.75. The molecule has 5 nitrogen and oxygen atoms in total. The molecule has 0 amide bonds. The average molecular weight is 454 g/mol. The quantitative estimate of drug-likeness (QED) is 0.401. The molecule has 1 unspecified atom stereocenters. The highest BCUT2D eigenvalue weighted by Crippen LogP contribution is 2.34. The predicted molar refractivity (Wildman–Crippen MR) is 109 cm³/mol. The van der Waals surface area contributed by atoms with Gasteiger partial charge in [0.1, 0.15) is 0 Å². The van der Waals surface area contributed by atoms with Crippen molar-refractivity contribution in [1.29, 1.82) is 0 Å². The Morgan fingerprint density at radius 2 is 1.96 bits per heavy atom. The number of morpholine rings is 1. The van der Waals surface area contributed by atoms with Crippen molar-refractivity contribution in [3.8, 4) is 0 Å². The Balaban J connectivity index is 0.00000192. The number of hydrogen-bond donors (Lipinski definition) is 1. The molecule has 3 aliphatic rings. The highest BCUT2D eigenvalue weighted by atomic mass is 127. The molecule has 3 rings (SSSR count). The fourth-order valence-electron chi connectivity index (χ4n) is 3.67. The molecular formula is C16H31IN4OS. The molecule has 3 fully saturated rings. The summed E-state index contributed by atoms with van der Waals surface area (Å²) in [5.74, 6) is 4.01. The lowest BCUT2D eigenvalue weighted by molar-refractivity contribution is -0.0105. The van der Waals surface area contributed by atoms with Crippen LogP contribution < -0.4 is 5.73 Å². The number of guanidine groups is 1. The van der Waals surface area contributed by atoms with E-state index in [0.717, 1.165) is 57.8 Å². The minimum atomic E-state index is 0. The van der Waals surface area contributed by atoms with Crippen LogP contribution in [0.25, 0.3) is 0 Å². The largest absolute Gasteiger partial charge is 0.379 e. The molecule has 23 heavy (non-hydrogen) atoms. The van der Waals surface area contributed by atoms with Crippen molar-refractivity contribution in [3.05, 3.63) is 0 Å². The van der Waals surface area contributed by atoms with Crippen molar-refractivity contribution >= 4 is 41.7 Å². The fraction of sp³-hybridized carbons (Fsp3) is 0.938. The Morgan fingerprint density at radius 1 is 1.26 bits per heavy atom. The number of likely N-dealkylation sites (tertiary alicyclic amines) is 1. The summed E-state index contributed by atoms with van der Waals surface area (Å²) in [4.78, 5) is 9.70. The minimum absolute atomic E-state index is 0. The third-order valence-electron chi connectivity index (χ3n) is 5.41. The van der Waals surface area contributed by atoms with Gasteiger partial charge in [0.05, 0.1) is 25.3 Å². The van der Waals surface area contributed by atoms with Crippen LogP contribution in [0.1, 0.15) is 26.2 Å². The number of thioether (sulfide) groups is 1. The van der Waals surface area contributed by atoms with Crippen LogP contribution >= 0.6 is 35.7 Å². The molecule has 0 radical (unpaired) electrons. The first-order chi connectivity index (χ1) is 10.7. The zero-order valence-electron chi connectivity index (χ0n) is 14.2. The Bertz CT molecular complexity index is 390. The van der Waals surface area contributed by atoms with Gasteiger partial charge in [-0.3, -0.25) is 9.89 Å². The summed E-state index contributed by atoms with van der Waals surface area (Å²) >= 11 is 2.06. The van der Waals surface area contributed by atoms with Crippen molar-refractivity contribution in [2.45, 2.75) is 31.7 Å². The second-order valence-electron chi connectivity index (χ2n) is 6.97. The Morgan fingerprint density at radius 3 is 2.57 bits per heavy atom. The van der Waals surface area contributed by atoms with Crippen LogP contribution in [-0.2, 0) is 4.74 Å². The maximum atomic E-state index is 6.29. The molecule has 0 aromatic carbocycles. The van der Waals surface area contributed by atoms with Gasteiger partial charge in [-0.15, -0.1) is 24.0 Å². The van der Waals surface area contributed by atoms with Gasteiger partial charge in [0.15, 0.2) is 5.96 Å². The molecule has 0 saturated carbocycles. The van der Waals surface area contributed by atoms with E-state index in [-0.39, 0.29) is 29.5 Å². The zero-order chi connectivity index (χ0) is 15.4. The zero-order valence-corrected chi connectivity index (χ0v) is 17.4. The third-order valence-corrected chi connectivity index (χ3v) is 6.64. The van der Waals surface area contributed by atoms with Gasteiger partial charge in [-0.2, -0.15) is 11.8 Å². The lowest BCUT2D eigenvalue weighted by Crippen LogP contribution is -2.56. The number of nitrogens with zero attached hydrogens (tertiary/aromatic N) is 3. The van der Waals surface area contributed by atoms with E-state index in [1.807, 2.05) is 0 Å². The molecule has 3 saturated heterocycles. The number of nitrogens with two attached hydrogens (primary N) is 1. The lowest BCUT2D eigenvalue weighted by Gasteiger charge is -2.42. The van der Waals surface area contributed by atoms with E-state index < -0.39 is 0 Å². The summed E-state index contributed by atoms with van der Waals surface area (Å²) in [5, 5.41) is 0. The number of ether oxygens (including phenoxy) is 1. The molecule has 7 heteroatoms. The molecule has 3 heterocycles. The second-order valence-corrected chi connectivity index (χ2v) is 8.08. The van der Waals surface area contributed by atoms with E-state index in [9.17, 15) is 0 Å². The second kappa shape index (κ2) is 9.10. The number of rotatable bonds is 3. The van der Waals surface area contributed by atoms with E-state index in [0.29, 0.717) is 0 Å². The van der Waals surface area contributed by atoms with E-state index in [2.05, 4.69) is 28.5 Å². The number of hydrogen-bond acceptors (Lipinski definition) is 4. The van der Waals surface area contributed by atoms with Crippen molar-refractivity contribution in [2.75, 3.05) is 57.4 Å². The number of piperidine rings is 1. The Hall–Kier alpha value is 0.270. The van der Waals surface area contributed by atoms with E-state index in [1.165, 1.54) is 30.8 Å². The van der Waals surface area contributed by atoms with Gasteiger partial charge >= 0.3 is 0 Å². The summed E-state index contributed by atoms with van der Waals surface area (Å²) in [6, 6.07) is 0. The van der Waals surface area contributed by atoms with Crippen LogP contribution in [0.5, 0.6) is 0 Å². The normalized spacial score (nSPS) is 31.2. The van der Waals surface area contributed by atoms with Crippen molar-refractivity contribution in [2.24, 2.45) is 16.6 Å². The van der Waals surface area contributed by atoms with Crippen LogP contribution in [0.4, 0.5) is 0 Å². The summed E-state index contributed by atoms with van der Waals surface area (Å²) in [6.07, 6.45) is 3.70. The highest BCUT2D eigenvalue weighted by molar-refractivity contribution is 14.0. The average Bonchev–Trinajstić information content (AvgIpc) is 3.04. The van der Waals surface area contributed by atoms with E-state index in [4.69, 9.17) is 15.5 Å². The Labute approximate surface area is 161 Å². The maximum Gasteiger partial charge on any atom is 0.191 e. The smallest absolute Gasteiger partial charge is 0.191 e. The first-order valence-corrected chi connectivity index (χ1v) is 9.80. The topological polar surface area (TPSA) is 54.1 Å². The third kappa shape index (κ3) is 4.89. The fourth-order valence-corrected chi connectivity index (χ4v) is 5.14.